The Morgan fingerprint density at radius 1 is 1.42 bits per heavy atom. The molecule has 0 heterocycles. The van der Waals surface area contributed by atoms with E-state index in [2.05, 4.69) is 16.0 Å². The quantitative estimate of drug-likeness (QED) is 0.519. The fourth-order valence-electron chi connectivity index (χ4n) is 1.32. The maximum absolute atomic E-state index is 11.9. The van der Waals surface area contributed by atoms with E-state index in [4.69, 9.17) is 11.5 Å². The molecule has 0 rings (SSSR count). The van der Waals surface area contributed by atoms with E-state index in [9.17, 15) is 14.4 Å². The van der Waals surface area contributed by atoms with Crippen LogP contribution in [-0.2, 0) is 14.3 Å². The van der Waals surface area contributed by atoms with Gasteiger partial charge in [0.1, 0.15) is 12.6 Å². The van der Waals surface area contributed by atoms with Crippen molar-refractivity contribution < 1.29 is 24.2 Å². The molecule has 0 saturated heterocycles. The molecule has 7 nitrogen and oxygen atoms in total. The number of carbonyl (C=O) groups excluding carboxylic acids is 2. The second-order valence-corrected chi connectivity index (χ2v) is 4.15. The topological polar surface area (TPSA) is 95.9 Å². The molecule has 0 aliphatic heterocycles. The van der Waals surface area contributed by atoms with Gasteiger partial charge in [-0.3, -0.25) is 4.79 Å². The van der Waals surface area contributed by atoms with Crippen molar-refractivity contribution >= 4 is 18.0 Å². The highest BCUT2D eigenvalue weighted by Crippen LogP contribution is 2.04. The summed E-state index contributed by atoms with van der Waals surface area (Å²) >= 11 is 0. The summed E-state index contributed by atoms with van der Waals surface area (Å²) < 4.78 is 4.57. The molecule has 1 unspecified atom stereocenters. The molecule has 2 amide bonds. The van der Waals surface area contributed by atoms with Crippen molar-refractivity contribution in [3.63, 3.8) is 0 Å². The van der Waals surface area contributed by atoms with Crippen LogP contribution in [-0.4, -0.2) is 54.2 Å². The first kappa shape index (κ1) is 16.8. The molecule has 106 valence electrons. The van der Waals surface area contributed by atoms with E-state index in [1.807, 2.05) is 0 Å². The first-order valence-corrected chi connectivity index (χ1v) is 5.62. The predicted molar refractivity (Wildman–Crippen MR) is 67.2 cm³/mol. The molecule has 7 heteroatoms. The number of terminal acetylenes is 1. The van der Waals surface area contributed by atoms with Crippen LogP contribution >= 0.6 is 0 Å². The van der Waals surface area contributed by atoms with E-state index in [1.54, 1.807) is 13.8 Å². The number of rotatable bonds is 6. The van der Waals surface area contributed by atoms with Gasteiger partial charge in [-0.1, -0.05) is 19.8 Å². The van der Waals surface area contributed by atoms with Crippen LogP contribution in [0.1, 0.15) is 13.8 Å². The van der Waals surface area contributed by atoms with E-state index < -0.39 is 30.6 Å². The summed E-state index contributed by atoms with van der Waals surface area (Å²) in [5, 5.41) is 11.1. The van der Waals surface area contributed by atoms with Crippen molar-refractivity contribution in [1.29, 1.82) is 0 Å². The van der Waals surface area contributed by atoms with Crippen LogP contribution in [0.25, 0.3) is 0 Å². The number of ether oxygens (including phenoxy) is 1. The van der Waals surface area contributed by atoms with Crippen LogP contribution in [0.2, 0.25) is 0 Å². The van der Waals surface area contributed by atoms with E-state index in [0.717, 1.165) is 4.90 Å². The van der Waals surface area contributed by atoms with Gasteiger partial charge in [0.2, 0.25) is 0 Å². The van der Waals surface area contributed by atoms with E-state index in [-0.39, 0.29) is 12.5 Å². The molecule has 0 fully saturated rings. The number of urea groups is 1. The van der Waals surface area contributed by atoms with Gasteiger partial charge >= 0.3 is 18.0 Å². The van der Waals surface area contributed by atoms with E-state index in [0.29, 0.717) is 0 Å². The maximum Gasteiger partial charge on any atom is 0.328 e. The Labute approximate surface area is 111 Å². The minimum atomic E-state index is -1.19. The summed E-state index contributed by atoms with van der Waals surface area (Å²) in [4.78, 5) is 34.9. The smallest absolute Gasteiger partial charge is 0.328 e. The van der Waals surface area contributed by atoms with Crippen molar-refractivity contribution in [2.24, 2.45) is 5.92 Å². The molecule has 19 heavy (non-hydrogen) atoms. The van der Waals surface area contributed by atoms with Crippen LogP contribution in [0.4, 0.5) is 4.79 Å². The first-order chi connectivity index (χ1) is 8.83. The third-order valence-corrected chi connectivity index (χ3v) is 2.30. The average Bonchev–Trinajstić information content (AvgIpc) is 2.33. The van der Waals surface area contributed by atoms with Gasteiger partial charge in [-0.15, -0.1) is 6.42 Å². The summed E-state index contributed by atoms with van der Waals surface area (Å²) in [6.07, 6.45) is 5.06. The predicted octanol–water partition coefficient (Wildman–Crippen LogP) is -0.0866. The second-order valence-electron chi connectivity index (χ2n) is 4.15. The van der Waals surface area contributed by atoms with Crippen molar-refractivity contribution in [3.8, 4) is 12.3 Å². The van der Waals surface area contributed by atoms with Gasteiger partial charge in [-0.2, -0.15) is 0 Å². The Bertz CT molecular complexity index is 386. The highest BCUT2D eigenvalue weighted by molar-refractivity contribution is 5.85. The van der Waals surface area contributed by atoms with Gasteiger partial charge in [0.15, 0.2) is 0 Å². The SMILES string of the molecule is C#CCN(CC(=O)O)C(=O)NC(C(=O)OC)C(C)C. The number of hydrogen-bond donors (Lipinski definition) is 2. The van der Waals surface area contributed by atoms with Crippen LogP contribution in [0.15, 0.2) is 0 Å². The Balaban J connectivity index is 4.80. The number of carboxylic acid groups (broad SMARTS) is 1. The van der Waals surface area contributed by atoms with Crippen LogP contribution < -0.4 is 5.32 Å². The molecule has 1 atom stereocenters. The molecule has 0 aliphatic rings. The Morgan fingerprint density at radius 3 is 2.37 bits per heavy atom. The number of nitrogens with zero attached hydrogens (tertiary/aromatic N) is 1. The van der Waals surface area contributed by atoms with Crippen LogP contribution in [0, 0.1) is 18.3 Å². The summed E-state index contributed by atoms with van der Waals surface area (Å²) in [6.45, 7) is 2.75. The standard InChI is InChI=1S/C12H18N2O5/c1-5-6-14(7-9(15)16)12(18)13-10(8(2)3)11(17)19-4/h1,8,10H,6-7H2,2-4H3,(H,13,18)(H,15,16). The molecule has 0 saturated carbocycles. The summed E-state index contributed by atoms with van der Waals surface area (Å²) in [5.74, 6) is 0.197. The number of amides is 2. The van der Waals surface area contributed by atoms with Crippen molar-refractivity contribution in [3.05, 3.63) is 0 Å². The molecule has 0 spiro atoms. The Morgan fingerprint density at radius 2 is 2.00 bits per heavy atom. The Hall–Kier alpha value is -2.23. The van der Waals surface area contributed by atoms with Crippen LogP contribution in [0.5, 0.6) is 0 Å². The number of carbonyl (C=O) groups is 3. The molecular weight excluding hydrogens is 252 g/mol. The lowest BCUT2D eigenvalue weighted by Gasteiger charge is -2.24. The van der Waals surface area contributed by atoms with Gasteiger partial charge < -0.3 is 20.1 Å². The van der Waals surface area contributed by atoms with Gasteiger partial charge in [-0.05, 0) is 5.92 Å². The highest BCUT2D eigenvalue weighted by Gasteiger charge is 2.27. The van der Waals surface area contributed by atoms with Gasteiger partial charge in [0, 0.05) is 0 Å². The Kier molecular flexibility index (Phi) is 7.04. The molecule has 0 aromatic carbocycles. The third-order valence-electron chi connectivity index (χ3n) is 2.30. The number of nitrogens with one attached hydrogen (secondary N) is 1. The zero-order valence-electron chi connectivity index (χ0n) is 11.2. The lowest BCUT2D eigenvalue weighted by atomic mass is 10.1. The van der Waals surface area contributed by atoms with Crippen molar-refractivity contribution in [2.75, 3.05) is 20.2 Å². The number of aliphatic carboxylic acids is 1. The maximum atomic E-state index is 11.9. The van der Waals surface area contributed by atoms with Gasteiger partial charge in [0.25, 0.3) is 0 Å². The summed E-state index contributed by atoms with van der Waals surface area (Å²) in [6, 6.07) is -1.57. The third kappa shape index (κ3) is 5.77. The molecule has 0 bridgehead atoms. The molecular formula is C12H18N2O5. The molecule has 0 radical (unpaired) electrons. The number of esters is 1. The zero-order chi connectivity index (χ0) is 15.0. The molecule has 0 aliphatic carbocycles. The van der Waals surface area contributed by atoms with E-state index >= 15 is 0 Å². The fourth-order valence-corrected chi connectivity index (χ4v) is 1.32. The molecule has 0 aromatic heterocycles. The lowest BCUT2D eigenvalue weighted by molar-refractivity contribution is -0.144. The number of hydrogen-bond acceptors (Lipinski definition) is 4. The summed E-state index contributed by atoms with van der Waals surface area (Å²) in [5.41, 5.74) is 0. The fraction of sp³-hybridized carbons (Fsp3) is 0.583. The lowest BCUT2D eigenvalue weighted by Crippen LogP contribution is -2.51. The first-order valence-electron chi connectivity index (χ1n) is 5.62. The number of methoxy groups -OCH3 is 1. The van der Waals surface area contributed by atoms with Crippen molar-refractivity contribution in [1.82, 2.24) is 10.2 Å². The van der Waals surface area contributed by atoms with E-state index in [1.165, 1.54) is 7.11 Å². The molecule has 0 aromatic rings. The van der Waals surface area contributed by atoms with Gasteiger partial charge in [0.05, 0.1) is 13.7 Å². The normalized spacial score (nSPS) is 11.3. The average molecular weight is 270 g/mol. The van der Waals surface area contributed by atoms with Gasteiger partial charge in [-0.25, -0.2) is 9.59 Å². The van der Waals surface area contributed by atoms with Crippen molar-refractivity contribution in [2.45, 2.75) is 19.9 Å². The number of carboxylic acids is 1. The second kappa shape index (κ2) is 7.97. The van der Waals surface area contributed by atoms with Crippen LogP contribution in [0.3, 0.4) is 0 Å². The molecule has 2 N–H and O–H groups in total. The highest BCUT2D eigenvalue weighted by atomic mass is 16.5. The zero-order valence-corrected chi connectivity index (χ0v) is 11.2. The largest absolute Gasteiger partial charge is 0.480 e. The minimum Gasteiger partial charge on any atom is -0.480 e. The summed E-state index contributed by atoms with van der Waals surface area (Å²) in [7, 11) is 1.21. The minimum absolute atomic E-state index is 0.163. The monoisotopic (exact) mass is 270 g/mol.